The van der Waals surface area contributed by atoms with Crippen LogP contribution in [0.5, 0.6) is 0 Å². The molecule has 4 rings (SSSR count). The van der Waals surface area contributed by atoms with Crippen molar-refractivity contribution in [2.45, 2.75) is 24.7 Å². The van der Waals surface area contributed by atoms with Crippen molar-refractivity contribution in [3.05, 3.63) is 76.4 Å². The van der Waals surface area contributed by atoms with Crippen LogP contribution in [-0.2, 0) is 24.3 Å². The van der Waals surface area contributed by atoms with Gasteiger partial charge in [-0.25, -0.2) is 23.1 Å². The highest BCUT2D eigenvalue weighted by Gasteiger charge is 2.39. The van der Waals surface area contributed by atoms with Crippen molar-refractivity contribution in [3.8, 4) is 0 Å². The highest BCUT2D eigenvalue weighted by molar-refractivity contribution is 7.93. The zero-order chi connectivity index (χ0) is 26.6. The lowest BCUT2D eigenvalue weighted by atomic mass is 10.2. The lowest BCUT2D eigenvalue weighted by Gasteiger charge is -2.15. The number of carbonyl (C=O) groups excluding carboxylic acids is 3. The molecule has 10 nitrogen and oxygen atoms in total. The Labute approximate surface area is 222 Å². The maximum Gasteiger partial charge on any atom is 0.338 e. The monoisotopic (exact) mass is 560 g/mol. The van der Waals surface area contributed by atoms with Crippen molar-refractivity contribution in [2.24, 2.45) is 0 Å². The third-order valence-corrected chi connectivity index (χ3v) is 7.73. The fourth-order valence-corrected chi connectivity index (χ4v) is 5.30. The summed E-state index contributed by atoms with van der Waals surface area (Å²) < 4.78 is 32.5. The average Bonchev–Trinajstić information content (AvgIpc) is 3.46. The van der Waals surface area contributed by atoms with Crippen LogP contribution in [0.15, 0.2) is 75.7 Å². The maximum atomic E-state index is 13.0. The fourth-order valence-electron chi connectivity index (χ4n) is 3.29. The Morgan fingerprint density at radius 1 is 1.08 bits per heavy atom. The van der Waals surface area contributed by atoms with Crippen molar-refractivity contribution in [1.82, 2.24) is 4.98 Å². The van der Waals surface area contributed by atoms with Gasteiger partial charge < -0.3 is 10.1 Å². The number of sulfonamides is 1. The summed E-state index contributed by atoms with van der Waals surface area (Å²) in [6.45, 7) is 2.29. The van der Waals surface area contributed by atoms with Gasteiger partial charge in [-0.2, -0.15) is 0 Å². The Morgan fingerprint density at radius 3 is 2.41 bits per heavy atom. The molecule has 3 aromatic rings. The number of unbranched alkanes of at least 4 members (excludes halogenated alkanes) is 1. The summed E-state index contributed by atoms with van der Waals surface area (Å²) in [5, 5.41) is 4.34. The normalized spacial score (nSPS) is 13.7. The number of benzene rings is 2. The van der Waals surface area contributed by atoms with Crippen LogP contribution in [0.4, 0.5) is 16.5 Å². The number of amides is 2. The van der Waals surface area contributed by atoms with Gasteiger partial charge in [0.1, 0.15) is 10.7 Å². The molecule has 1 aliphatic rings. The molecule has 0 fully saturated rings. The molecule has 192 valence electrons. The highest BCUT2D eigenvalue weighted by atomic mass is 35.5. The van der Waals surface area contributed by atoms with Crippen LogP contribution in [0.25, 0.3) is 0 Å². The van der Waals surface area contributed by atoms with Gasteiger partial charge in [-0.15, -0.1) is 11.3 Å². The molecule has 2 N–H and O–H groups in total. The lowest BCUT2D eigenvalue weighted by molar-refractivity contribution is -0.120. The summed E-state index contributed by atoms with van der Waals surface area (Å²) in [7, 11) is -3.85. The number of thiazole rings is 1. The molecule has 1 aliphatic heterocycles. The van der Waals surface area contributed by atoms with Gasteiger partial charge in [0, 0.05) is 17.3 Å². The molecule has 0 aliphatic carbocycles. The van der Waals surface area contributed by atoms with E-state index in [4.69, 9.17) is 16.3 Å². The Balaban J connectivity index is 1.45. The largest absolute Gasteiger partial charge is 0.462 e. The van der Waals surface area contributed by atoms with Gasteiger partial charge in [0.2, 0.25) is 0 Å². The predicted molar refractivity (Wildman–Crippen MR) is 140 cm³/mol. The number of halogens is 1. The van der Waals surface area contributed by atoms with Crippen LogP contribution in [0, 0.1) is 0 Å². The number of nitrogens with zero attached hydrogens (tertiary/aromatic N) is 2. The molecule has 0 unspecified atom stereocenters. The SMILES string of the molecule is CCCCOC(=O)c1ccc(N2C(=O)C(Cl)=C(Nc3ccc(S(=O)(=O)Nc4nccs4)cc3)C2=O)cc1. The number of hydrogen-bond donors (Lipinski definition) is 2. The van der Waals surface area contributed by atoms with Gasteiger partial charge in [0.05, 0.1) is 22.8 Å². The summed E-state index contributed by atoms with van der Waals surface area (Å²) in [6, 6.07) is 11.4. The molecule has 0 saturated carbocycles. The van der Waals surface area contributed by atoms with E-state index in [2.05, 4.69) is 15.0 Å². The zero-order valence-electron chi connectivity index (χ0n) is 19.4. The van der Waals surface area contributed by atoms with Crippen LogP contribution in [0.3, 0.4) is 0 Å². The smallest absolute Gasteiger partial charge is 0.338 e. The molecule has 0 radical (unpaired) electrons. The molecule has 0 saturated heterocycles. The first-order valence-electron chi connectivity index (χ1n) is 11.1. The Hall–Kier alpha value is -3.74. The number of carbonyl (C=O) groups is 3. The molecular formula is C24H21ClN4O6S2. The first-order valence-corrected chi connectivity index (χ1v) is 13.8. The molecule has 2 aromatic carbocycles. The predicted octanol–water partition coefficient (Wildman–Crippen LogP) is 4.34. The molecule has 13 heteroatoms. The van der Waals surface area contributed by atoms with Crippen molar-refractivity contribution in [2.75, 3.05) is 21.5 Å². The number of anilines is 3. The van der Waals surface area contributed by atoms with Gasteiger partial charge >= 0.3 is 5.97 Å². The summed E-state index contributed by atoms with van der Waals surface area (Å²) in [4.78, 5) is 42.6. The number of rotatable bonds is 10. The molecule has 2 amide bonds. The van der Waals surface area contributed by atoms with E-state index in [-0.39, 0.29) is 32.0 Å². The van der Waals surface area contributed by atoms with E-state index in [1.807, 2.05) is 6.92 Å². The topological polar surface area (TPSA) is 135 Å². The summed E-state index contributed by atoms with van der Waals surface area (Å²) >= 11 is 7.32. The second kappa shape index (κ2) is 11.1. The second-order valence-electron chi connectivity index (χ2n) is 7.76. The van der Waals surface area contributed by atoms with Crippen LogP contribution < -0.4 is 14.9 Å². The van der Waals surface area contributed by atoms with E-state index >= 15 is 0 Å². The van der Waals surface area contributed by atoms with Crippen LogP contribution in [0.1, 0.15) is 30.1 Å². The maximum absolute atomic E-state index is 13.0. The molecule has 37 heavy (non-hydrogen) atoms. The van der Waals surface area contributed by atoms with Crippen molar-refractivity contribution >= 4 is 67.3 Å². The average molecular weight is 561 g/mol. The standard InChI is InChI=1S/C24H21ClN4O6S2/c1-2-3-13-35-23(32)15-4-8-17(9-5-15)29-21(30)19(25)20(22(29)31)27-16-6-10-18(11-7-16)37(33,34)28-24-26-12-14-36-24/h4-12,14,27H,2-3,13H2,1H3,(H,26,28). The third kappa shape index (κ3) is 5.82. The van der Waals surface area contributed by atoms with Crippen molar-refractivity contribution in [3.63, 3.8) is 0 Å². The molecule has 1 aromatic heterocycles. The van der Waals surface area contributed by atoms with E-state index in [0.717, 1.165) is 29.1 Å². The van der Waals surface area contributed by atoms with Gasteiger partial charge in [-0.05, 0) is 55.0 Å². The zero-order valence-corrected chi connectivity index (χ0v) is 21.8. The fraction of sp³-hybridized carbons (Fsp3) is 0.167. The van der Waals surface area contributed by atoms with E-state index < -0.39 is 27.8 Å². The molecular weight excluding hydrogens is 540 g/mol. The molecule has 2 heterocycles. The highest BCUT2D eigenvalue weighted by Crippen LogP contribution is 2.31. The van der Waals surface area contributed by atoms with E-state index in [9.17, 15) is 22.8 Å². The minimum Gasteiger partial charge on any atom is -0.462 e. The van der Waals surface area contributed by atoms with Gasteiger partial charge in [0.15, 0.2) is 5.13 Å². The lowest BCUT2D eigenvalue weighted by Crippen LogP contribution is -2.32. The first kappa shape index (κ1) is 26.3. The first-order chi connectivity index (χ1) is 17.7. The summed E-state index contributed by atoms with van der Waals surface area (Å²) in [6.07, 6.45) is 3.12. The number of nitrogens with one attached hydrogen (secondary N) is 2. The number of aromatic nitrogens is 1. The quantitative estimate of drug-likeness (QED) is 0.212. The van der Waals surface area contributed by atoms with Gasteiger partial charge in [-0.1, -0.05) is 24.9 Å². The summed E-state index contributed by atoms with van der Waals surface area (Å²) in [5.41, 5.74) is 0.696. The molecule has 0 bridgehead atoms. The van der Waals surface area contributed by atoms with Crippen LogP contribution >= 0.6 is 22.9 Å². The second-order valence-corrected chi connectivity index (χ2v) is 10.7. The summed E-state index contributed by atoms with van der Waals surface area (Å²) in [5.74, 6) is -1.93. The van der Waals surface area contributed by atoms with Crippen molar-refractivity contribution in [1.29, 1.82) is 0 Å². The number of ether oxygens (including phenoxy) is 1. The minimum absolute atomic E-state index is 0.0166. The Kier molecular flexibility index (Phi) is 7.91. The Morgan fingerprint density at radius 2 is 1.78 bits per heavy atom. The van der Waals surface area contributed by atoms with E-state index in [1.54, 1.807) is 5.38 Å². The van der Waals surface area contributed by atoms with E-state index in [1.165, 1.54) is 54.7 Å². The van der Waals surface area contributed by atoms with Crippen molar-refractivity contribution < 1.29 is 27.5 Å². The minimum atomic E-state index is -3.85. The van der Waals surface area contributed by atoms with E-state index in [0.29, 0.717) is 12.3 Å². The van der Waals surface area contributed by atoms with Crippen LogP contribution in [0.2, 0.25) is 0 Å². The van der Waals surface area contributed by atoms with Gasteiger partial charge in [-0.3, -0.25) is 14.3 Å². The number of esters is 1. The third-order valence-electron chi connectivity index (χ3n) is 5.21. The molecule has 0 spiro atoms. The molecule has 0 atom stereocenters. The Bertz CT molecular complexity index is 1450. The number of imide groups is 1. The number of hydrogen-bond acceptors (Lipinski definition) is 9. The van der Waals surface area contributed by atoms with Gasteiger partial charge in [0.25, 0.3) is 21.8 Å². The van der Waals surface area contributed by atoms with Crippen LogP contribution in [-0.4, -0.2) is 37.8 Å².